The molecule has 0 aliphatic heterocycles. The number of aryl methyl sites for hydroxylation is 2. The van der Waals surface area contributed by atoms with Gasteiger partial charge in [-0.05, 0) is 103 Å². The number of ether oxygens (including phenoxy) is 2. The van der Waals surface area contributed by atoms with Gasteiger partial charge in [0.2, 0.25) is 0 Å². The van der Waals surface area contributed by atoms with Crippen molar-refractivity contribution in [1.82, 2.24) is 10.6 Å². The Morgan fingerprint density at radius 2 is 1.26 bits per heavy atom. The Morgan fingerprint density at radius 3 is 1.81 bits per heavy atom. The van der Waals surface area contributed by atoms with Crippen molar-refractivity contribution in [3.63, 3.8) is 0 Å². The molecule has 2 aromatic rings. The Labute approximate surface area is 266 Å². The highest BCUT2D eigenvalue weighted by Crippen LogP contribution is 2.46. The number of hydrogen-bond acceptors (Lipinski definition) is 4. The highest BCUT2D eigenvalue weighted by Gasteiger charge is 2.41. The molecule has 232 valence electrons. The van der Waals surface area contributed by atoms with E-state index in [0.717, 1.165) is 50.1 Å². The summed E-state index contributed by atoms with van der Waals surface area (Å²) >= 11 is 11.4. The van der Waals surface area contributed by atoms with Gasteiger partial charge < -0.3 is 20.1 Å². The number of rotatable bonds is 15. The van der Waals surface area contributed by atoms with Gasteiger partial charge in [-0.25, -0.2) is 0 Å². The highest BCUT2D eigenvalue weighted by atomic mass is 32.1. The zero-order valence-electron chi connectivity index (χ0n) is 26.7. The normalized spacial score (nSPS) is 19.6. The number of para-hydroxylation sites is 2. The molecule has 1 saturated carbocycles. The van der Waals surface area contributed by atoms with Gasteiger partial charge in [0.25, 0.3) is 10.3 Å². The van der Waals surface area contributed by atoms with Crippen LogP contribution >= 0.6 is 24.4 Å². The van der Waals surface area contributed by atoms with Crippen molar-refractivity contribution in [2.75, 3.05) is 6.54 Å². The van der Waals surface area contributed by atoms with Crippen molar-refractivity contribution >= 4 is 34.8 Å². The SMILES string of the molecule is CCCCCCc1ccccc1OC(=S)NCC1(C)CC(NC(=S)Oc2ccccc2CCCCCC)CC(C)(C)C1. The topological polar surface area (TPSA) is 42.5 Å². The maximum atomic E-state index is 6.22. The number of unbranched alkanes of at least 4 members (excludes halogenated alkanes) is 6. The molecule has 42 heavy (non-hydrogen) atoms. The van der Waals surface area contributed by atoms with E-state index in [4.69, 9.17) is 33.9 Å². The lowest BCUT2D eigenvalue weighted by Crippen LogP contribution is -2.51. The first kappa shape index (κ1) is 34.3. The monoisotopic (exact) mass is 610 g/mol. The maximum Gasteiger partial charge on any atom is 0.262 e. The zero-order valence-corrected chi connectivity index (χ0v) is 28.4. The second kappa shape index (κ2) is 17.2. The van der Waals surface area contributed by atoms with Crippen LogP contribution in [0.5, 0.6) is 11.5 Å². The van der Waals surface area contributed by atoms with E-state index in [0.29, 0.717) is 10.3 Å². The summed E-state index contributed by atoms with van der Waals surface area (Å²) in [4.78, 5) is 0. The number of nitrogens with one attached hydrogen (secondary N) is 2. The van der Waals surface area contributed by atoms with Gasteiger partial charge in [-0.1, -0.05) is 110 Å². The second-order valence-electron chi connectivity index (χ2n) is 13.4. The lowest BCUT2D eigenvalue weighted by molar-refractivity contribution is 0.0787. The number of hydrogen-bond donors (Lipinski definition) is 2. The quantitative estimate of drug-likeness (QED) is 0.155. The lowest BCUT2D eigenvalue weighted by Gasteiger charge is -2.47. The summed E-state index contributed by atoms with van der Waals surface area (Å²) in [5.41, 5.74) is 2.64. The van der Waals surface area contributed by atoms with Crippen LogP contribution < -0.4 is 20.1 Å². The highest BCUT2D eigenvalue weighted by molar-refractivity contribution is 7.80. The van der Waals surface area contributed by atoms with E-state index in [1.807, 2.05) is 24.3 Å². The first-order valence-corrected chi connectivity index (χ1v) is 17.0. The van der Waals surface area contributed by atoms with Crippen LogP contribution in [-0.4, -0.2) is 22.9 Å². The summed E-state index contributed by atoms with van der Waals surface area (Å²) < 4.78 is 12.4. The molecular weight excluding hydrogens is 557 g/mol. The number of benzene rings is 2. The van der Waals surface area contributed by atoms with Crippen molar-refractivity contribution in [1.29, 1.82) is 0 Å². The molecular formula is C36H54N2O2S2. The molecule has 0 heterocycles. The van der Waals surface area contributed by atoms with Gasteiger partial charge in [0, 0.05) is 12.6 Å². The Kier molecular flexibility index (Phi) is 14.1. The summed E-state index contributed by atoms with van der Waals surface area (Å²) in [5.74, 6) is 1.74. The van der Waals surface area contributed by atoms with E-state index in [1.165, 1.54) is 62.5 Å². The van der Waals surface area contributed by atoms with Crippen LogP contribution in [0.15, 0.2) is 48.5 Å². The molecule has 2 N–H and O–H groups in total. The molecule has 6 heteroatoms. The Bertz CT molecular complexity index is 1130. The first-order chi connectivity index (χ1) is 20.1. The summed E-state index contributed by atoms with van der Waals surface area (Å²) in [7, 11) is 0. The van der Waals surface area contributed by atoms with Crippen molar-refractivity contribution in [3.05, 3.63) is 59.7 Å². The maximum absolute atomic E-state index is 6.22. The Hall–Kier alpha value is -2.18. The molecule has 0 saturated heterocycles. The minimum atomic E-state index is 0.0271. The van der Waals surface area contributed by atoms with Gasteiger partial charge in [-0.3, -0.25) is 0 Å². The standard InChI is InChI=1S/C36H54N2O2S2/c1-6-8-10-12-18-28-20-14-16-22-31(28)39-33(41)37-27-36(5)25-30(24-35(3,4)26-36)38-34(42)40-32-23-17-15-21-29(32)19-13-11-9-7-2/h14-17,20-23,30H,6-13,18-19,24-27H2,1-5H3,(H,37,41)(H,38,42). The summed E-state index contributed by atoms with van der Waals surface area (Å²) in [6, 6.07) is 16.8. The molecule has 1 fully saturated rings. The minimum absolute atomic E-state index is 0.0271. The predicted molar refractivity (Wildman–Crippen MR) is 186 cm³/mol. The second-order valence-corrected chi connectivity index (χ2v) is 14.1. The molecule has 1 aliphatic carbocycles. The molecule has 4 nitrogen and oxygen atoms in total. The Morgan fingerprint density at radius 1 is 0.738 bits per heavy atom. The third kappa shape index (κ3) is 11.8. The van der Waals surface area contributed by atoms with Crippen LogP contribution in [0.25, 0.3) is 0 Å². The fraction of sp³-hybridized carbons (Fsp3) is 0.611. The molecule has 0 spiro atoms. The van der Waals surface area contributed by atoms with Crippen molar-refractivity contribution < 1.29 is 9.47 Å². The predicted octanol–water partition coefficient (Wildman–Crippen LogP) is 9.72. The van der Waals surface area contributed by atoms with E-state index in [9.17, 15) is 0 Å². The van der Waals surface area contributed by atoms with Crippen LogP contribution in [0.1, 0.15) is 116 Å². The molecule has 2 atom stereocenters. The fourth-order valence-corrected chi connectivity index (χ4v) is 7.11. The van der Waals surface area contributed by atoms with Gasteiger partial charge >= 0.3 is 0 Å². The van der Waals surface area contributed by atoms with Gasteiger partial charge in [0.05, 0.1) is 0 Å². The van der Waals surface area contributed by atoms with Gasteiger partial charge in [0.15, 0.2) is 0 Å². The molecule has 2 unspecified atom stereocenters. The average Bonchev–Trinajstić information content (AvgIpc) is 2.93. The van der Waals surface area contributed by atoms with Crippen LogP contribution in [-0.2, 0) is 12.8 Å². The third-order valence-corrected chi connectivity index (χ3v) is 8.80. The van der Waals surface area contributed by atoms with E-state index in [2.05, 4.69) is 69.5 Å². The summed E-state index contributed by atoms with van der Waals surface area (Å²) in [6.45, 7) is 12.3. The molecule has 0 amide bonds. The molecule has 0 bridgehead atoms. The largest absolute Gasteiger partial charge is 0.432 e. The smallest absolute Gasteiger partial charge is 0.262 e. The molecule has 2 aromatic carbocycles. The summed E-state index contributed by atoms with van der Waals surface area (Å²) in [6.07, 6.45) is 15.0. The number of thiocarbonyl (C=S) groups is 2. The van der Waals surface area contributed by atoms with Crippen molar-refractivity contribution in [2.24, 2.45) is 10.8 Å². The van der Waals surface area contributed by atoms with E-state index in [-0.39, 0.29) is 16.9 Å². The van der Waals surface area contributed by atoms with E-state index < -0.39 is 0 Å². The van der Waals surface area contributed by atoms with Crippen LogP contribution in [0.3, 0.4) is 0 Å². The van der Waals surface area contributed by atoms with Gasteiger partial charge in [0.1, 0.15) is 11.5 Å². The third-order valence-electron chi connectivity index (χ3n) is 8.37. The van der Waals surface area contributed by atoms with E-state index >= 15 is 0 Å². The van der Waals surface area contributed by atoms with Crippen LogP contribution in [0.2, 0.25) is 0 Å². The summed E-state index contributed by atoms with van der Waals surface area (Å²) in [5, 5.41) is 7.92. The van der Waals surface area contributed by atoms with Crippen molar-refractivity contribution in [2.45, 2.75) is 124 Å². The van der Waals surface area contributed by atoms with Gasteiger partial charge in [-0.15, -0.1) is 0 Å². The van der Waals surface area contributed by atoms with Crippen LogP contribution in [0.4, 0.5) is 0 Å². The molecule has 1 aliphatic rings. The minimum Gasteiger partial charge on any atom is -0.432 e. The zero-order chi connectivity index (χ0) is 30.4. The molecule has 0 radical (unpaired) electrons. The fourth-order valence-electron chi connectivity index (χ4n) is 6.69. The molecule has 0 aromatic heterocycles. The lowest BCUT2D eigenvalue weighted by atomic mass is 9.62. The van der Waals surface area contributed by atoms with E-state index in [1.54, 1.807) is 0 Å². The average molecular weight is 611 g/mol. The van der Waals surface area contributed by atoms with Crippen molar-refractivity contribution in [3.8, 4) is 11.5 Å². The Balaban J connectivity index is 1.55. The molecule has 3 rings (SSSR count). The van der Waals surface area contributed by atoms with Gasteiger partial charge in [-0.2, -0.15) is 0 Å². The first-order valence-electron chi connectivity index (χ1n) is 16.2. The van der Waals surface area contributed by atoms with Crippen LogP contribution in [0, 0.1) is 10.8 Å².